The van der Waals surface area contributed by atoms with Crippen LogP contribution < -0.4 is 4.74 Å². The minimum Gasteiger partial charge on any atom is -0.457 e. The molecular formula is C21H28O. The molecule has 0 saturated carbocycles. The molecule has 0 aromatic heterocycles. The molecule has 0 bridgehead atoms. The van der Waals surface area contributed by atoms with Crippen LogP contribution in [0.25, 0.3) is 0 Å². The molecule has 0 aliphatic heterocycles. The fraction of sp³-hybridized carbons (Fsp3) is 0.429. The van der Waals surface area contributed by atoms with Crippen molar-refractivity contribution in [3.05, 3.63) is 59.2 Å². The molecule has 0 fully saturated rings. The summed E-state index contributed by atoms with van der Waals surface area (Å²) in [5.74, 6) is 3.00. The molecule has 0 saturated heterocycles. The number of benzene rings is 2. The summed E-state index contributed by atoms with van der Waals surface area (Å²) in [5, 5.41) is 0. The predicted molar refractivity (Wildman–Crippen MR) is 95.1 cm³/mol. The maximum atomic E-state index is 6.34. The van der Waals surface area contributed by atoms with Crippen LogP contribution in [-0.2, 0) is 0 Å². The van der Waals surface area contributed by atoms with E-state index >= 15 is 0 Å². The molecule has 118 valence electrons. The molecule has 0 aliphatic rings. The van der Waals surface area contributed by atoms with Crippen LogP contribution in [0.4, 0.5) is 0 Å². The van der Waals surface area contributed by atoms with Gasteiger partial charge in [-0.15, -0.1) is 0 Å². The smallest absolute Gasteiger partial charge is 0.134 e. The lowest BCUT2D eigenvalue weighted by atomic mass is 9.90. The molecule has 0 heterocycles. The van der Waals surface area contributed by atoms with Crippen LogP contribution in [0.3, 0.4) is 0 Å². The first-order valence-electron chi connectivity index (χ1n) is 8.44. The van der Waals surface area contributed by atoms with Crippen LogP contribution in [0.5, 0.6) is 11.5 Å². The van der Waals surface area contributed by atoms with E-state index in [1.165, 1.54) is 16.7 Å². The Kier molecular flexibility index (Phi) is 5.65. The van der Waals surface area contributed by atoms with Crippen molar-refractivity contribution < 1.29 is 4.74 Å². The van der Waals surface area contributed by atoms with E-state index in [9.17, 15) is 0 Å². The van der Waals surface area contributed by atoms with Gasteiger partial charge in [-0.3, -0.25) is 0 Å². The van der Waals surface area contributed by atoms with E-state index in [-0.39, 0.29) is 0 Å². The van der Waals surface area contributed by atoms with E-state index in [1.54, 1.807) is 0 Å². The molecule has 0 spiro atoms. The Bertz CT molecular complexity index is 570. The molecule has 0 N–H and O–H groups in total. The molecule has 2 atom stereocenters. The number of hydrogen-bond donors (Lipinski definition) is 0. The number of hydrogen-bond acceptors (Lipinski definition) is 1. The van der Waals surface area contributed by atoms with Crippen molar-refractivity contribution in [3.8, 4) is 11.5 Å². The van der Waals surface area contributed by atoms with Gasteiger partial charge in [-0.05, 0) is 54.9 Å². The Morgan fingerprint density at radius 1 is 0.818 bits per heavy atom. The molecule has 1 heteroatoms. The zero-order chi connectivity index (χ0) is 16.1. The summed E-state index contributed by atoms with van der Waals surface area (Å²) < 4.78 is 6.34. The summed E-state index contributed by atoms with van der Waals surface area (Å²) in [6.07, 6.45) is 2.24. The minimum atomic E-state index is 0.504. The Morgan fingerprint density at radius 3 is 1.77 bits per heavy atom. The van der Waals surface area contributed by atoms with Crippen molar-refractivity contribution in [2.45, 2.75) is 59.3 Å². The van der Waals surface area contributed by atoms with Gasteiger partial charge in [-0.2, -0.15) is 0 Å². The third-order valence-corrected chi connectivity index (χ3v) is 4.60. The molecule has 2 rings (SSSR count). The summed E-state index contributed by atoms with van der Waals surface area (Å²) >= 11 is 0. The van der Waals surface area contributed by atoms with Gasteiger partial charge < -0.3 is 4.74 Å². The average molecular weight is 296 g/mol. The number of aryl methyl sites for hydroxylation is 1. The molecule has 2 aromatic carbocycles. The second-order valence-electron chi connectivity index (χ2n) is 6.30. The van der Waals surface area contributed by atoms with Crippen molar-refractivity contribution in [2.75, 3.05) is 0 Å². The highest BCUT2D eigenvalue weighted by Crippen LogP contribution is 2.39. The highest BCUT2D eigenvalue weighted by Gasteiger charge is 2.18. The van der Waals surface area contributed by atoms with E-state index < -0.39 is 0 Å². The lowest BCUT2D eigenvalue weighted by molar-refractivity contribution is 0.458. The predicted octanol–water partition coefficient (Wildman–Crippen LogP) is 6.81. The normalized spacial score (nSPS) is 13.7. The average Bonchev–Trinajstić information content (AvgIpc) is 2.55. The van der Waals surface area contributed by atoms with E-state index in [0.29, 0.717) is 11.8 Å². The maximum Gasteiger partial charge on any atom is 0.134 e. The lowest BCUT2D eigenvalue weighted by Crippen LogP contribution is -2.02. The Hall–Kier alpha value is -1.76. The van der Waals surface area contributed by atoms with Gasteiger partial charge in [0, 0.05) is 0 Å². The molecule has 0 radical (unpaired) electrons. The standard InChI is InChI=1S/C21H28O/c1-6-16(4)19-9-8-10-20(17(5)7-2)21(19)22-18-13-11-15(3)12-14-18/h8-14,16-17H,6-7H2,1-5H3. The number of rotatable bonds is 6. The van der Waals surface area contributed by atoms with Crippen molar-refractivity contribution in [3.63, 3.8) is 0 Å². The molecule has 22 heavy (non-hydrogen) atoms. The van der Waals surface area contributed by atoms with Crippen LogP contribution in [0.15, 0.2) is 42.5 Å². The summed E-state index contributed by atoms with van der Waals surface area (Å²) in [6.45, 7) is 11.1. The van der Waals surface area contributed by atoms with Crippen LogP contribution in [0.1, 0.15) is 69.1 Å². The molecule has 1 nitrogen and oxygen atoms in total. The summed E-state index contributed by atoms with van der Waals surface area (Å²) in [7, 11) is 0. The topological polar surface area (TPSA) is 9.23 Å². The first kappa shape index (κ1) is 16.6. The highest BCUT2D eigenvalue weighted by molar-refractivity contribution is 5.47. The summed E-state index contributed by atoms with van der Waals surface area (Å²) in [5.41, 5.74) is 3.89. The maximum absolute atomic E-state index is 6.34. The monoisotopic (exact) mass is 296 g/mol. The summed E-state index contributed by atoms with van der Waals surface area (Å²) in [6, 6.07) is 14.9. The third kappa shape index (κ3) is 3.71. The van der Waals surface area contributed by atoms with Gasteiger partial charge in [0.15, 0.2) is 0 Å². The van der Waals surface area contributed by atoms with Crippen molar-refractivity contribution in [2.24, 2.45) is 0 Å². The third-order valence-electron chi connectivity index (χ3n) is 4.60. The first-order chi connectivity index (χ1) is 10.6. The van der Waals surface area contributed by atoms with Gasteiger partial charge in [-0.1, -0.05) is 63.6 Å². The number of ether oxygens (including phenoxy) is 1. The van der Waals surface area contributed by atoms with Gasteiger partial charge in [0.1, 0.15) is 11.5 Å². The fourth-order valence-corrected chi connectivity index (χ4v) is 2.63. The molecule has 2 aromatic rings. The van der Waals surface area contributed by atoms with E-state index in [0.717, 1.165) is 24.3 Å². The zero-order valence-electron chi connectivity index (χ0n) is 14.5. The molecular weight excluding hydrogens is 268 g/mol. The summed E-state index contributed by atoms with van der Waals surface area (Å²) in [4.78, 5) is 0. The molecule has 2 unspecified atom stereocenters. The van der Waals surface area contributed by atoms with Gasteiger partial charge in [0.25, 0.3) is 0 Å². The van der Waals surface area contributed by atoms with Crippen LogP contribution in [-0.4, -0.2) is 0 Å². The van der Waals surface area contributed by atoms with Gasteiger partial charge >= 0.3 is 0 Å². The molecule has 0 aliphatic carbocycles. The van der Waals surface area contributed by atoms with Crippen LogP contribution in [0.2, 0.25) is 0 Å². The van der Waals surface area contributed by atoms with E-state index in [4.69, 9.17) is 4.74 Å². The van der Waals surface area contributed by atoms with E-state index in [1.807, 2.05) is 0 Å². The second kappa shape index (κ2) is 7.49. The van der Waals surface area contributed by atoms with Gasteiger partial charge in [0.05, 0.1) is 0 Å². The number of para-hydroxylation sites is 1. The SMILES string of the molecule is CCC(C)c1cccc(C(C)CC)c1Oc1ccc(C)cc1. The largest absolute Gasteiger partial charge is 0.457 e. The lowest BCUT2D eigenvalue weighted by Gasteiger charge is -2.22. The van der Waals surface area contributed by atoms with Crippen molar-refractivity contribution in [1.29, 1.82) is 0 Å². The van der Waals surface area contributed by atoms with Crippen LogP contribution >= 0.6 is 0 Å². The Balaban J connectivity index is 2.46. The van der Waals surface area contributed by atoms with Gasteiger partial charge in [0.2, 0.25) is 0 Å². The first-order valence-corrected chi connectivity index (χ1v) is 8.44. The van der Waals surface area contributed by atoms with Crippen molar-refractivity contribution >= 4 is 0 Å². The van der Waals surface area contributed by atoms with E-state index in [2.05, 4.69) is 77.1 Å². The molecule has 0 amide bonds. The van der Waals surface area contributed by atoms with Gasteiger partial charge in [-0.25, -0.2) is 0 Å². The quantitative estimate of drug-likeness (QED) is 0.568. The van der Waals surface area contributed by atoms with Crippen LogP contribution in [0, 0.1) is 6.92 Å². The Morgan fingerprint density at radius 2 is 1.32 bits per heavy atom. The minimum absolute atomic E-state index is 0.504. The van der Waals surface area contributed by atoms with Crippen molar-refractivity contribution in [1.82, 2.24) is 0 Å². The zero-order valence-corrected chi connectivity index (χ0v) is 14.5. The Labute approximate surface area is 135 Å². The fourth-order valence-electron chi connectivity index (χ4n) is 2.63. The highest BCUT2D eigenvalue weighted by atomic mass is 16.5. The second-order valence-corrected chi connectivity index (χ2v) is 6.30.